The van der Waals surface area contributed by atoms with Crippen LogP contribution in [0.5, 0.6) is 0 Å². The molecule has 1 heterocycles. The summed E-state index contributed by atoms with van der Waals surface area (Å²) in [5.74, 6) is 0.435. The maximum Gasteiger partial charge on any atom is 0.0642 e. The van der Waals surface area contributed by atoms with Crippen LogP contribution in [0.15, 0.2) is 30.3 Å². The van der Waals surface area contributed by atoms with E-state index in [0.29, 0.717) is 12.0 Å². The van der Waals surface area contributed by atoms with Crippen molar-refractivity contribution in [2.45, 2.75) is 37.7 Å². The fraction of sp³-hybridized carbons (Fsp3) is 0.444. The number of benzene rings is 2. The Hall–Kier alpha value is -1.05. The number of halogens is 1. The van der Waals surface area contributed by atoms with Gasteiger partial charge >= 0.3 is 0 Å². The molecular formula is C18H19ClO. The van der Waals surface area contributed by atoms with E-state index in [1.54, 1.807) is 0 Å². The van der Waals surface area contributed by atoms with E-state index in [9.17, 15) is 0 Å². The average molecular weight is 287 g/mol. The summed E-state index contributed by atoms with van der Waals surface area (Å²) < 4.78 is 5.70. The number of hydrogen-bond acceptors (Lipinski definition) is 1. The molecule has 104 valence electrons. The van der Waals surface area contributed by atoms with Crippen molar-refractivity contribution in [3.8, 4) is 0 Å². The lowest BCUT2D eigenvalue weighted by Gasteiger charge is -2.19. The van der Waals surface area contributed by atoms with Gasteiger partial charge in [0.15, 0.2) is 0 Å². The standard InChI is InChI=1S/C18H19ClO/c1-11-9-14(10-20-11)18(19)16-8-7-13-6-5-12-3-2-4-15(16)17(12)13/h2-4,7-8,11,14,18H,5-6,9-10H2,1H3. The quantitative estimate of drug-likeness (QED) is 0.731. The second-order valence-corrected chi connectivity index (χ2v) is 6.67. The molecule has 1 saturated heterocycles. The number of hydrogen-bond donors (Lipinski definition) is 0. The fourth-order valence-electron chi connectivity index (χ4n) is 3.82. The highest BCUT2D eigenvalue weighted by Gasteiger charge is 2.30. The van der Waals surface area contributed by atoms with Crippen LogP contribution in [0.4, 0.5) is 0 Å². The van der Waals surface area contributed by atoms with Gasteiger partial charge in [-0.25, -0.2) is 0 Å². The SMILES string of the molecule is CC1CC(C(Cl)c2ccc3c4c(cccc24)CC3)CO1. The molecule has 1 fully saturated rings. The Kier molecular flexibility index (Phi) is 3.01. The molecule has 1 aliphatic heterocycles. The minimum atomic E-state index is 0.0600. The van der Waals surface area contributed by atoms with Gasteiger partial charge in [-0.2, -0.15) is 0 Å². The van der Waals surface area contributed by atoms with Gasteiger partial charge in [-0.1, -0.05) is 30.3 Å². The molecule has 0 N–H and O–H groups in total. The normalized spacial score (nSPS) is 26.3. The van der Waals surface area contributed by atoms with Crippen LogP contribution in [0.1, 0.15) is 35.4 Å². The van der Waals surface area contributed by atoms with Crippen LogP contribution in [0.25, 0.3) is 10.8 Å². The van der Waals surface area contributed by atoms with Gasteiger partial charge in [-0.05, 0) is 53.6 Å². The number of alkyl halides is 1. The van der Waals surface area contributed by atoms with Crippen molar-refractivity contribution in [2.75, 3.05) is 6.61 Å². The molecule has 4 rings (SSSR count). The Morgan fingerprint density at radius 1 is 1.15 bits per heavy atom. The number of rotatable bonds is 2. The number of ether oxygens (including phenoxy) is 1. The fourth-order valence-corrected chi connectivity index (χ4v) is 4.18. The van der Waals surface area contributed by atoms with Crippen LogP contribution in [0.2, 0.25) is 0 Å². The lowest BCUT2D eigenvalue weighted by atomic mass is 9.91. The smallest absolute Gasteiger partial charge is 0.0642 e. The van der Waals surface area contributed by atoms with Gasteiger partial charge in [0.1, 0.15) is 0 Å². The first kappa shape index (κ1) is 12.7. The van der Waals surface area contributed by atoms with E-state index in [4.69, 9.17) is 16.3 Å². The highest BCUT2D eigenvalue weighted by Crippen LogP contribution is 2.42. The van der Waals surface area contributed by atoms with Crippen molar-refractivity contribution >= 4 is 22.4 Å². The summed E-state index contributed by atoms with van der Waals surface area (Å²) >= 11 is 6.80. The van der Waals surface area contributed by atoms with Crippen LogP contribution >= 0.6 is 11.6 Å². The van der Waals surface area contributed by atoms with E-state index < -0.39 is 0 Å². The van der Waals surface area contributed by atoms with Gasteiger partial charge in [0, 0.05) is 5.92 Å². The summed E-state index contributed by atoms with van der Waals surface area (Å²) in [7, 11) is 0. The molecule has 2 aromatic rings. The first-order valence-electron chi connectivity index (χ1n) is 7.53. The average Bonchev–Trinajstić information content (AvgIpc) is 3.07. The van der Waals surface area contributed by atoms with E-state index in [0.717, 1.165) is 13.0 Å². The van der Waals surface area contributed by atoms with Gasteiger partial charge in [0.2, 0.25) is 0 Å². The molecule has 0 saturated carbocycles. The van der Waals surface area contributed by atoms with Crippen LogP contribution < -0.4 is 0 Å². The summed E-state index contributed by atoms with van der Waals surface area (Å²) in [5.41, 5.74) is 4.26. The molecule has 1 aliphatic carbocycles. The molecule has 2 aliphatic rings. The monoisotopic (exact) mass is 286 g/mol. The lowest BCUT2D eigenvalue weighted by Crippen LogP contribution is -2.08. The molecule has 0 spiro atoms. The maximum absolute atomic E-state index is 6.80. The zero-order valence-corrected chi connectivity index (χ0v) is 12.5. The van der Waals surface area contributed by atoms with Crippen molar-refractivity contribution in [3.05, 3.63) is 47.0 Å². The van der Waals surface area contributed by atoms with Crippen LogP contribution in [0.3, 0.4) is 0 Å². The Morgan fingerprint density at radius 2 is 1.95 bits per heavy atom. The Bertz CT molecular complexity index is 654. The van der Waals surface area contributed by atoms with Crippen LogP contribution in [-0.2, 0) is 17.6 Å². The molecule has 1 nitrogen and oxygen atoms in total. The molecule has 2 aromatic carbocycles. The van der Waals surface area contributed by atoms with E-state index >= 15 is 0 Å². The topological polar surface area (TPSA) is 9.23 Å². The van der Waals surface area contributed by atoms with Gasteiger partial charge in [-0.15, -0.1) is 11.6 Å². The zero-order valence-electron chi connectivity index (χ0n) is 11.7. The molecule has 20 heavy (non-hydrogen) atoms. The minimum absolute atomic E-state index is 0.0600. The lowest BCUT2D eigenvalue weighted by molar-refractivity contribution is 0.120. The van der Waals surface area contributed by atoms with Gasteiger partial charge in [0.25, 0.3) is 0 Å². The third kappa shape index (κ3) is 1.88. The third-order valence-electron chi connectivity index (χ3n) is 4.85. The predicted molar refractivity (Wildman–Crippen MR) is 83.5 cm³/mol. The summed E-state index contributed by atoms with van der Waals surface area (Å²) in [6.07, 6.45) is 3.76. The largest absolute Gasteiger partial charge is 0.378 e. The first-order valence-corrected chi connectivity index (χ1v) is 7.96. The molecule has 0 aromatic heterocycles. The minimum Gasteiger partial charge on any atom is -0.378 e. The molecular weight excluding hydrogens is 268 g/mol. The number of aryl methyl sites for hydroxylation is 2. The van der Waals surface area contributed by atoms with Crippen molar-refractivity contribution in [1.29, 1.82) is 0 Å². The summed E-state index contributed by atoms with van der Waals surface area (Å²) in [4.78, 5) is 0. The zero-order chi connectivity index (χ0) is 13.7. The maximum atomic E-state index is 6.80. The van der Waals surface area contributed by atoms with E-state index in [1.165, 1.54) is 40.3 Å². The van der Waals surface area contributed by atoms with Crippen molar-refractivity contribution < 1.29 is 4.74 Å². The Balaban J connectivity index is 1.81. The Morgan fingerprint density at radius 3 is 2.70 bits per heavy atom. The van der Waals surface area contributed by atoms with Gasteiger partial charge < -0.3 is 4.74 Å². The van der Waals surface area contributed by atoms with E-state index in [1.807, 2.05) is 0 Å². The first-order chi connectivity index (χ1) is 9.74. The van der Waals surface area contributed by atoms with Crippen molar-refractivity contribution in [3.63, 3.8) is 0 Å². The second-order valence-electron chi connectivity index (χ2n) is 6.20. The molecule has 3 unspecified atom stereocenters. The molecule has 0 amide bonds. The predicted octanol–water partition coefficient (Wildman–Crippen LogP) is 4.64. The second kappa shape index (κ2) is 4.75. The molecule has 0 bridgehead atoms. The van der Waals surface area contributed by atoms with Crippen LogP contribution in [-0.4, -0.2) is 12.7 Å². The Labute approximate surface area is 124 Å². The summed E-state index contributed by atoms with van der Waals surface area (Å²) in [6, 6.07) is 11.2. The molecule has 0 radical (unpaired) electrons. The van der Waals surface area contributed by atoms with E-state index in [2.05, 4.69) is 37.3 Å². The van der Waals surface area contributed by atoms with Gasteiger partial charge in [0.05, 0.1) is 18.1 Å². The summed E-state index contributed by atoms with van der Waals surface area (Å²) in [5, 5.41) is 2.88. The molecule has 3 atom stereocenters. The summed E-state index contributed by atoms with van der Waals surface area (Å²) in [6.45, 7) is 2.93. The molecule has 2 heteroatoms. The van der Waals surface area contributed by atoms with Gasteiger partial charge in [-0.3, -0.25) is 0 Å². The van der Waals surface area contributed by atoms with Crippen molar-refractivity contribution in [1.82, 2.24) is 0 Å². The third-order valence-corrected chi connectivity index (χ3v) is 5.44. The van der Waals surface area contributed by atoms with E-state index in [-0.39, 0.29) is 5.38 Å². The highest BCUT2D eigenvalue weighted by atomic mass is 35.5. The highest BCUT2D eigenvalue weighted by molar-refractivity contribution is 6.22. The van der Waals surface area contributed by atoms with Crippen LogP contribution in [0, 0.1) is 5.92 Å². The van der Waals surface area contributed by atoms with Crippen molar-refractivity contribution in [2.24, 2.45) is 5.92 Å².